The number of rotatable bonds is 3. The predicted molar refractivity (Wildman–Crippen MR) is 59.6 cm³/mol. The number of nitrogens with one attached hydrogen (secondary N) is 1. The molecule has 1 aromatic rings. The van der Waals surface area contributed by atoms with Gasteiger partial charge in [0.1, 0.15) is 12.2 Å². The van der Waals surface area contributed by atoms with Crippen molar-refractivity contribution in [3.63, 3.8) is 0 Å². The quantitative estimate of drug-likeness (QED) is 0.812. The number of hydrogen-bond donors (Lipinski definition) is 1. The molecule has 1 N–H and O–H groups in total. The summed E-state index contributed by atoms with van der Waals surface area (Å²) in [5.41, 5.74) is 0. The summed E-state index contributed by atoms with van der Waals surface area (Å²) in [4.78, 5) is 4.34. The molecule has 0 aliphatic carbocycles. The van der Waals surface area contributed by atoms with Gasteiger partial charge in [-0.2, -0.15) is 5.10 Å². The molecule has 4 nitrogen and oxygen atoms in total. The lowest BCUT2D eigenvalue weighted by Crippen LogP contribution is -2.23. The normalized spacial score (nSPS) is 22.6. The first-order valence-corrected chi connectivity index (χ1v) is 5.97. The van der Waals surface area contributed by atoms with Crippen LogP contribution in [0.5, 0.6) is 0 Å². The molecule has 1 fully saturated rings. The van der Waals surface area contributed by atoms with Crippen molar-refractivity contribution in [3.8, 4) is 0 Å². The minimum Gasteiger partial charge on any atom is -0.316 e. The number of hydrogen-bond acceptors (Lipinski definition) is 3. The molecule has 0 radical (unpaired) electrons. The summed E-state index contributed by atoms with van der Waals surface area (Å²) in [5.74, 6) is 1.88. The van der Waals surface area contributed by atoms with Crippen LogP contribution in [0.25, 0.3) is 0 Å². The molecule has 84 valence electrons. The second-order valence-corrected chi connectivity index (χ2v) is 4.26. The summed E-state index contributed by atoms with van der Waals surface area (Å²) in [6, 6.07) is 0. The van der Waals surface area contributed by atoms with Crippen molar-refractivity contribution in [2.45, 2.75) is 39.2 Å². The Morgan fingerprint density at radius 2 is 2.47 bits per heavy atom. The van der Waals surface area contributed by atoms with Gasteiger partial charge in [0, 0.05) is 13.0 Å². The summed E-state index contributed by atoms with van der Waals surface area (Å²) < 4.78 is 2.00. The minimum absolute atomic E-state index is 0.738. The minimum atomic E-state index is 0.738. The maximum Gasteiger partial charge on any atom is 0.138 e. The molecule has 0 aromatic carbocycles. The highest BCUT2D eigenvalue weighted by molar-refractivity contribution is 4.88. The van der Waals surface area contributed by atoms with Crippen LogP contribution in [-0.4, -0.2) is 27.9 Å². The van der Waals surface area contributed by atoms with E-state index in [1.54, 1.807) is 6.33 Å². The number of aromatic nitrogens is 3. The van der Waals surface area contributed by atoms with E-state index in [4.69, 9.17) is 0 Å². The van der Waals surface area contributed by atoms with E-state index >= 15 is 0 Å². The van der Waals surface area contributed by atoms with Gasteiger partial charge in [-0.25, -0.2) is 4.98 Å². The highest BCUT2D eigenvalue weighted by Crippen LogP contribution is 2.15. The molecule has 0 saturated carbocycles. The van der Waals surface area contributed by atoms with Crippen LogP contribution in [0, 0.1) is 5.92 Å². The zero-order chi connectivity index (χ0) is 10.5. The van der Waals surface area contributed by atoms with E-state index in [0.717, 1.165) is 31.3 Å². The Labute approximate surface area is 91.1 Å². The van der Waals surface area contributed by atoms with Crippen LogP contribution < -0.4 is 5.32 Å². The standard InChI is InChI=1S/C11H20N4/c1-2-15-11(13-9-14-15)7-10-5-3-4-6-12-8-10/h9-10,12H,2-8H2,1H3. The molecular formula is C11H20N4. The second kappa shape index (κ2) is 5.26. The number of aryl methyl sites for hydroxylation is 1. The Kier molecular flexibility index (Phi) is 3.72. The lowest BCUT2D eigenvalue weighted by Gasteiger charge is -2.13. The predicted octanol–water partition coefficient (Wildman–Crippen LogP) is 1.23. The van der Waals surface area contributed by atoms with Gasteiger partial charge < -0.3 is 5.32 Å². The van der Waals surface area contributed by atoms with Crippen LogP contribution in [0.15, 0.2) is 6.33 Å². The van der Waals surface area contributed by atoms with E-state index in [-0.39, 0.29) is 0 Å². The molecule has 4 heteroatoms. The molecule has 1 saturated heterocycles. The van der Waals surface area contributed by atoms with Crippen LogP contribution in [0.4, 0.5) is 0 Å². The van der Waals surface area contributed by atoms with Gasteiger partial charge in [0.15, 0.2) is 0 Å². The lowest BCUT2D eigenvalue weighted by atomic mass is 9.99. The molecule has 15 heavy (non-hydrogen) atoms. The molecule has 0 amide bonds. The van der Waals surface area contributed by atoms with Gasteiger partial charge in [-0.3, -0.25) is 4.68 Å². The van der Waals surface area contributed by atoms with Gasteiger partial charge in [0.25, 0.3) is 0 Å². The fraction of sp³-hybridized carbons (Fsp3) is 0.818. The molecule has 1 aliphatic rings. The maximum absolute atomic E-state index is 4.34. The summed E-state index contributed by atoms with van der Waals surface area (Å²) in [7, 11) is 0. The van der Waals surface area contributed by atoms with Crippen molar-refractivity contribution in [2.24, 2.45) is 5.92 Å². The van der Waals surface area contributed by atoms with Crippen molar-refractivity contribution < 1.29 is 0 Å². The van der Waals surface area contributed by atoms with Gasteiger partial charge >= 0.3 is 0 Å². The van der Waals surface area contributed by atoms with Crippen molar-refractivity contribution >= 4 is 0 Å². The second-order valence-electron chi connectivity index (χ2n) is 4.26. The number of nitrogens with zero attached hydrogens (tertiary/aromatic N) is 3. The van der Waals surface area contributed by atoms with Crippen LogP contribution in [0.1, 0.15) is 32.0 Å². The molecule has 2 rings (SSSR count). The van der Waals surface area contributed by atoms with E-state index in [2.05, 4.69) is 22.3 Å². The Hall–Kier alpha value is -0.900. The Morgan fingerprint density at radius 3 is 3.33 bits per heavy atom. The van der Waals surface area contributed by atoms with E-state index in [1.807, 2.05) is 4.68 Å². The average Bonchev–Trinajstić information content (AvgIpc) is 2.53. The highest BCUT2D eigenvalue weighted by Gasteiger charge is 2.15. The maximum atomic E-state index is 4.34. The first kappa shape index (κ1) is 10.6. The van der Waals surface area contributed by atoms with Crippen molar-refractivity contribution in [1.29, 1.82) is 0 Å². The highest BCUT2D eigenvalue weighted by atomic mass is 15.3. The van der Waals surface area contributed by atoms with Crippen molar-refractivity contribution in [3.05, 3.63) is 12.2 Å². The topological polar surface area (TPSA) is 42.7 Å². The molecule has 0 bridgehead atoms. The monoisotopic (exact) mass is 208 g/mol. The molecule has 1 aromatic heterocycles. The third-order valence-electron chi connectivity index (χ3n) is 3.12. The van der Waals surface area contributed by atoms with Crippen LogP contribution in [-0.2, 0) is 13.0 Å². The zero-order valence-corrected chi connectivity index (χ0v) is 9.45. The smallest absolute Gasteiger partial charge is 0.138 e. The van der Waals surface area contributed by atoms with E-state index in [1.165, 1.54) is 25.8 Å². The van der Waals surface area contributed by atoms with Gasteiger partial charge in [-0.15, -0.1) is 0 Å². The first-order chi connectivity index (χ1) is 7.40. The van der Waals surface area contributed by atoms with Gasteiger partial charge in [0.05, 0.1) is 0 Å². The third kappa shape index (κ3) is 2.78. The fourth-order valence-electron chi connectivity index (χ4n) is 2.23. The molecular weight excluding hydrogens is 188 g/mol. The summed E-state index contributed by atoms with van der Waals surface area (Å²) in [5, 5.41) is 7.70. The van der Waals surface area contributed by atoms with E-state index in [9.17, 15) is 0 Å². The van der Waals surface area contributed by atoms with Crippen LogP contribution >= 0.6 is 0 Å². The average molecular weight is 208 g/mol. The van der Waals surface area contributed by atoms with Gasteiger partial charge in [-0.1, -0.05) is 6.42 Å². The molecule has 1 aliphatic heterocycles. The molecule has 0 spiro atoms. The SMILES string of the molecule is CCn1ncnc1CC1CCCCNC1. The Balaban J connectivity index is 1.94. The van der Waals surface area contributed by atoms with Crippen molar-refractivity contribution in [1.82, 2.24) is 20.1 Å². The molecule has 1 unspecified atom stereocenters. The van der Waals surface area contributed by atoms with Crippen LogP contribution in [0.3, 0.4) is 0 Å². The summed E-state index contributed by atoms with van der Waals surface area (Å²) in [6.07, 6.45) is 6.72. The third-order valence-corrected chi connectivity index (χ3v) is 3.12. The Bertz CT molecular complexity index is 287. The Morgan fingerprint density at radius 1 is 1.53 bits per heavy atom. The lowest BCUT2D eigenvalue weighted by molar-refractivity contribution is 0.451. The largest absolute Gasteiger partial charge is 0.316 e. The first-order valence-electron chi connectivity index (χ1n) is 5.97. The van der Waals surface area contributed by atoms with Crippen LogP contribution in [0.2, 0.25) is 0 Å². The summed E-state index contributed by atoms with van der Waals surface area (Å²) in [6.45, 7) is 5.35. The van der Waals surface area contributed by atoms with E-state index in [0.29, 0.717) is 0 Å². The zero-order valence-electron chi connectivity index (χ0n) is 9.45. The summed E-state index contributed by atoms with van der Waals surface area (Å²) >= 11 is 0. The van der Waals surface area contributed by atoms with Crippen molar-refractivity contribution in [2.75, 3.05) is 13.1 Å². The fourth-order valence-corrected chi connectivity index (χ4v) is 2.23. The van der Waals surface area contributed by atoms with Gasteiger partial charge in [0.2, 0.25) is 0 Å². The van der Waals surface area contributed by atoms with Gasteiger partial charge in [-0.05, 0) is 38.8 Å². The molecule has 2 heterocycles. The van der Waals surface area contributed by atoms with E-state index < -0.39 is 0 Å². The molecule has 1 atom stereocenters.